The van der Waals surface area contributed by atoms with Gasteiger partial charge in [0.15, 0.2) is 11.5 Å². The maximum absolute atomic E-state index is 12.0. The molecule has 0 aromatic heterocycles. The molecule has 1 amide bonds. The number of carbonyl (C=O) groups excluding carboxylic acids is 1. The van der Waals surface area contributed by atoms with Crippen LogP contribution in [0.2, 0.25) is 0 Å². The van der Waals surface area contributed by atoms with E-state index in [0.29, 0.717) is 25.6 Å². The lowest BCUT2D eigenvalue weighted by Gasteiger charge is -2.23. The summed E-state index contributed by atoms with van der Waals surface area (Å²) >= 11 is 3.52. The van der Waals surface area contributed by atoms with E-state index >= 15 is 0 Å². The molecule has 1 aromatic carbocycles. The summed E-state index contributed by atoms with van der Waals surface area (Å²) in [6.07, 6.45) is -0.464. The van der Waals surface area contributed by atoms with E-state index in [4.69, 9.17) is 14.2 Å². The normalized spacial score (nSPS) is 16.2. The van der Waals surface area contributed by atoms with Gasteiger partial charge in [0, 0.05) is 11.1 Å². The molecule has 1 aliphatic heterocycles. The molecule has 2 rings (SSSR count). The highest BCUT2D eigenvalue weighted by Crippen LogP contribution is 2.37. The summed E-state index contributed by atoms with van der Waals surface area (Å²) in [4.78, 5) is 12.0. The smallest absolute Gasteiger partial charge is 0.249 e. The molecule has 0 aliphatic carbocycles. The summed E-state index contributed by atoms with van der Waals surface area (Å²) in [6.45, 7) is 7.13. The molecule has 0 bridgehead atoms. The Morgan fingerprint density at radius 1 is 1.33 bits per heavy atom. The van der Waals surface area contributed by atoms with Gasteiger partial charge in [0.2, 0.25) is 5.91 Å². The Morgan fingerprint density at radius 3 is 2.57 bits per heavy atom. The lowest BCUT2D eigenvalue weighted by atomic mass is 10.1. The zero-order valence-electron chi connectivity index (χ0n) is 12.4. The largest absolute Gasteiger partial charge is 0.486 e. The van der Waals surface area contributed by atoms with E-state index in [0.717, 1.165) is 15.8 Å². The molecular weight excluding hydrogens is 338 g/mol. The Kier molecular flexibility index (Phi) is 5.47. The number of hydrogen-bond acceptors (Lipinski definition) is 4. The van der Waals surface area contributed by atoms with Gasteiger partial charge < -0.3 is 19.5 Å². The SMILES string of the molecule is CCO[C@@H](C)C(=O)N[C@H](C)c1cc2c(cc1Br)OCCO2. The number of hydrogen-bond donors (Lipinski definition) is 1. The van der Waals surface area contributed by atoms with Crippen molar-refractivity contribution in [1.29, 1.82) is 0 Å². The van der Waals surface area contributed by atoms with Crippen LogP contribution < -0.4 is 14.8 Å². The van der Waals surface area contributed by atoms with Crippen molar-refractivity contribution >= 4 is 21.8 Å². The number of halogens is 1. The monoisotopic (exact) mass is 357 g/mol. The van der Waals surface area contributed by atoms with Gasteiger partial charge in [-0.15, -0.1) is 0 Å². The molecule has 0 saturated carbocycles. The van der Waals surface area contributed by atoms with Crippen molar-refractivity contribution in [3.05, 3.63) is 22.2 Å². The first-order valence-corrected chi connectivity index (χ1v) is 7.83. The van der Waals surface area contributed by atoms with Crippen molar-refractivity contribution in [2.24, 2.45) is 0 Å². The van der Waals surface area contributed by atoms with E-state index in [-0.39, 0.29) is 11.9 Å². The zero-order chi connectivity index (χ0) is 15.4. The number of amides is 1. The van der Waals surface area contributed by atoms with Crippen molar-refractivity contribution in [2.45, 2.75) is 32.9 Å². The van der Waals surface area contributed by atoms with Gasteiger partial charge in [-0.3, -0.25) is 4.79 Å². The second-order valence-electron chi connectivity index (χ2n) is 4.85. The predicted octanol–water partition coefficient (Wildman–Crippen LogP) is 2.82. The number of benzene rings is 1. The Morgan fingerprint density at radius 2 is 1.95 bits per heavy atom. The molecule has 1 N–H and O–H groups in total. The first-order valence-electron chi connectivity index (χ1n) is 7.04. The summed E-state index contributed by atoms with van der Waals surface area (Å²) < 4.78 is 17.3. The van der Waals surface area contributed by atoms with Crippen LogP contribution in [-0.4, -0.2) is 31.8 Å². The summed E-state index contributed by atoms with van der Waals surface area (Å²) in [6, 6.07) is 3.61. The quantitative estimate of drug-likeness (QED) is 0.880. The van der Waals surface area contributed by atoms with E-state index in [1.165, 1.54) is 0 Å². The molecule has 0 radical (unpaired) electrons. The Bertz CT molecular complexity index is 521. The molecule has 0 fully saturated rings. The molecule has 2 atom stereocenters. The number of nitrogens with one attached hydrogen (secondary N) is 1. The van der Waals surface area contributed by atoms with Crippen molar-refractivity contribution < 1.29 is 19.0 Å². The lowest BCUT2D eigenvalue weighted by molar-refractivity contribution is -0.132. The molecule has 1 heterocycles. The average molecular weight is 358 g/mol. The van der Waals surface area contributed by atoms with Gasteiger partial charge in [-0.05, 0) is 38.5 Å². The fourth-order valence-electron chi connectivity index (χ4n) is 2.15. The number of rotatable bonds is 5. The van der Waals surface area contributed by atoms with Crippen LogP contribution in [-0.2, 0) is 9.53 Å². The van der Waals surface area contributed by atoms with E-state index in [2.05, 4.69) is 21.2 Å². The van der Waals surface area contributed by atoms with Gasteiger partial charge in [-0.2, -0.15) is 0 Å². The van der Waals surface area contributed by atoms with Gasteiger partial charge in [0.05, 0.1) is 6.04 Å². The van der Waals surface area contributed by atoms with Crippen LogP contribution in [0.4, 0.5) is 0 Å². The maximum Gasteiger partial charge on any atom is 0.249 e. The fourth-order valence-corrected chi connectivity index (χ4v) is 2.81. The highest BCUT2D eigenvalue weighted by molar-refractivity contribution is 9.10. The maximum atomic E-state index is 12.0. The molecule has 5 nitrogen and oxygen atoms in total. The van der Waals surface area contributed by atoms with Gasteiger partial charge in [0.1, 0.15) is 19.3 Å². The number of carbonyl (C=O) groups is 1. The number of ether oxygens (including phenoxy) is 3. The first-order chi connectivity index (χ1) is 10.0. The highest BCUT2D eigenvalue weighted by Gasteiger charge is 2.21. The van der Waals surface area contributed by atoms with Gasteiger partial charge >= 0.3 is 0 Å². The van der Waals surface area contributed by atoms with Crippen LogP contribution in [0, 0.1) is 0 Å². The van der Waals surface area contributed by atoms with Crippen molar-refractivity contribution in [3.8, 4) is 11.5 Å². The minimum atomic E-state index is -0.464. The second-order valence-corrected chi connectivity index (χ2v) is 5.70. The third-order valence-electron chi connectivity index (χ3n) is 3.27. The zero-order valence-corrected chi connectivity index (χ0v) is 14.0. The predicted molar refractivity (Wildman–Crippen MR) is 82.8 cm³/mol. The van der Waals surface area contributed by atoms with Crippen molar-refractivity contribution in [3.63, 3.8) is 0 Å². The van der Waals surface area contributed by atoms with E-state index in [9.17, 15) is 4.79 Å². The minimum Gasteiger partial charge on any atom is -0.486 e. The Balaban J connectivity index is 2.12. The summed E-state index contributed by atoms with van der Waals surface area (Å²) in [5, 5.41) is 2.94. The van der Waals surface area contributed by atoms with E-state index in [1.54, 1.807) is 6.92 Å². The molecule has 6 heteroatoms. The van der Waals surface area contributed by atoms with Gasteiger partial charge in [-0.25, -0.2) is 0 Å². The molecule has 21 heavy (non-hydrogen) atoms. The van der Waals surface area contributed by atoms with Crippen LogP contribution in [0.1, 0.15) is 32.4 Å². The van der Waals surface area contributed by atoms with Crippen molar-refractivity contribution in [1.82, 2.24) is 5.32 Å². The molecule has 0 unspecified atom stereocenters. The summed E-state index contributed by atoms with van der Waals surface area (Å²) in [5.41, 5.74) is 0.941. The molecule has 116 valence electrons. The number of fused-ring (bicyclic) bond motifs is 1. The Labute approximate surface area is 133 Å². The first kappa shape index (κ1) is 16.1. The molecule has 0 spiro atoms. The van der Waals surface area contributed by atoms with Crippen LogP contribution >= 0.6 is 15.9 Å². The third-order valence-corrected chi connectivity index (χ3v) is 3.96. The minimum absolute atomic E-state index is 0.133. The second kappa shape index (κ2) is 7.13. The molecule has 1 aromatic rings. The van der Waals surface area contributed by atoms with Gasteiger partial charge in [-0.1, -0.05) is 15.9 Å². The van der Waals surface area contributed by atoms with Crippen LogP contribution in [0.3, 0.4) is 0 Å². The summed E-state index contributed by atoms with van der Waals surface area (Å²) in [7, 11) is 0. The van der Waals surface area contributed by atoms with Crippen LogP contribution in [0.5, 0.6) is 11.5 Å². The topological polar surface area (TPSA) is 56.8 Å². The molecular formula is C15H20BrNO4. The van der Waals surface area contributed by atoms with Gasteiger partial charge in [0.25, 0.3) is 0 Å². The van der Waals surface area contributed by atoms with Crippen molar-refractivity contribution in [2.75, 3.05) is 19.8 Å². The molecule has 0 saturated heterocycles. The van der Waals surface area contributed by atoms with Crippen LogP contribution in [0.25, 0.3) is 0 Å². The molecule has 1 aliphatic rings. The highest BCUT2D eigenvalue weighted by atomic mass is 79.9. The van der Waals surface area contributed by atoms with Crippen LogP contribution in [0.15, 0.2) is 16.6 Å². The average Bonchev–Trinajstić information content (AvgIpc) is 2.46. The van der Waals surface area contributed by atoms with E-state index in [1.807, 2.05) is 26.0 Å². The summed E-state index contributed by atoms with van der Waals surface area (Å²) in [5.74, 6) is 1.29. The standard InChI is InChI=1S/C15H20BrNO4/c1-4-19-10(3)15(18)17-9(2)11-7-13-14(8-12(11)16)21-6-5-20-13/h7-10H,4-6H2,1-3H3,(H,17,18)/t9-,10+/m1/s1. The third kappa shape index (κ3) is 3.89. The lowest BCUT2D eigenvalue weighted by Crippen LogP contribution is -2.36. The fraction of sp³-hybridized carbons (Fsp3) is 0.533. The van der Waals surface area contributed by atoms with E-state index < -0.39 is 6.10 Å². The Hall–Kier alpha value is -1.27.